The minimum absolute atomic E-state index is 0.0664. The number of amides is 1. The topological polar surface area (TPSA) is 86.1 Å². The number of carbonyl (C=O) groups excluding carboxylic acids is 1. The Bertz CT molecular complexity index is 1020. The number of oxazole rings is 1. The Hall–Kier alpha value is -3.26. The molecule has 8 nitrogen and oxygen atoms in total. The molecule has 0 spiro atoms. The van der Waals surface area contributed by atoms with Crippen LogP contribution in [0.5, 0.6) is 17.2 Å². The monoisotopic (exact) mass is 439 g/mol. The first-order valence-electron chi connectivity index (χ1n) is 10.8. The average Bonchev–Trinajstić information content (AvgIpc) is 3.26. The van der Waals surface area contributed by atoms with Crippen molar-refractivity contribution in [1.29, 1.82) is 0 Å². The fourth-order valence-electron chi connectivity index (χ4n) is 4.16. The molecule has 0 aliphatic carbocycles. The Labute approximate surface area is 187 Å². The number of anilines is 1. The van der Waals surface area contributed by atoms with Crippen molar-refractivity contribution in [1.82, 2.24) is 9.88 Å². The van der Waals surface area contributed by atoms with Crippen molar-refractivity contribution in [3.63, 3.8) is 0 Å². The van der Waals surface area contributed by atoms with Gasteiger partial charge in [-0.3, -0.25) is 4.79 Å². The van der Waals surface area contributed by atoms with Crippen LogP contribution in [0.4, 0.5) is 5.69 Å². The van der Waals surface area contributed by atoms with Crippen LogP contribution in [0, 0.1) is 0 Å². The summed E-state index contributed by atoms with van der Waals surface area (Å²) in [5.74, 6) is 2.46. The molecule has 170 valence electrons. The fourth-order valence-corrected chi connectivity index (χ4v) is 4.16. The van der Waals surface area contributed by atoms with Crippen LogP contribution >= 0.6 is 0 Å². The molecule has 0 saturated carbocycles. The van der Waals surface area contributed by atoms with Crippen molar-refractivity contribution in [2.45, 2.75) is 25.2 Å². The van der Waals surface area contributed by atoms with Gasteiger partial charge in [-0.25, -0.2) is 4.98 Å². The molecule has 0 bridgehead atoms. The number of rotatable bonds is 8. The van der Waals surface area contributed by atoms with Gasteiger partial charge in [0.05, 0.1) is 21.3 Å². The number of piperidine rings is 1. The number of fused-ring (bicyclic) bond motifs is 1. The van der Waals surface area contributed by atoms with Gasteiger partial charge >= 0.3 is 0 Å². The zero-order valence-corrected chi connectivity index (χ0v) is 18.7. The smallest absolute Gasteiger partial charge is 0.225 e. The van der Waals surface area contributed by atoms with Gasteiger partial charge in [0.15, 0.2) is 23.0 Å². The van der Waals surface area contributed by atoms with E-state index in [-0.39, 0.29) is 11.8 Å². The van der Waals surface area contributed by atoms with Crippen LogP contribution in [0.2, 0.25) is 0 Å². The van der Waals surface area contributed by atoms with Crippen molar-refractivity contribution in [3.05, 3.63) is 42.3 Å². The number of likely N-dealkylation sites (tertiary alicyclic amines) is 1. The first-order chi connectivity index (χ1) is 15.6. The molecule has 1 unspecified atom stereocenters. The molecule has 1 aliphatic rings. The second kappa shape index (κ2) is 9.91. The highest BCUT2D eigenvalue weighted by atomic mass is 16.5. The summed E-state index contributed by atoms with van der Waals surface area (Å²) in [5.41, 5.74) is 2.32. The van der Waals surface area contributed by atoms with Gasteiger partial charge in [-0.05, 0) is 31.5 Å². The number of methoxy groups -OCH3 is 3. The highest BCUT2D eigenvalue weighted by Gasteiger charge is 2.25. The van der Waals surface area contributed by atoms with E-state index < -0.39 is 0 Å². The summed E-state index contributed by atoms with van der Waals surface area (Å²) in [6.07, 6.45) is 2.48. The summed E-state index contributed by atoms with van der Waals surface area (Å²) in [6, 6.07) is 11.3. The van der Waals surface area contributed by atoms with Crippen LogP contribution < -0.4 is 19.5 Å². The van der Waals surface area contributed by atoms with E-state index in [4.69, 9.17) is 18.6 Å². The van der Waals surface area contributed by atoms with Crippen LogP contribution in [-0.2, 0) is 4.79 Å². The third-order valence-electron chi connectivity index (χ3n) is 5.77. The maximum atomic E-state index is 12.6. The maximum absolute atomic E-state index is 12.6. The lowest BCUT2D eigenvalue weighted by atomic mass is 9.98. The van der Waals surface area contributed by atoms with E-state index in [1.807, 2.05) is 24.3 Å². The highest BCUT2D eigenvalue weighted by molar-refractivity contribution is 5.91. The van der Waals surface area contributed by atoms with Gasteiger partial charge in [-0.15, -0.1) is 0 Å². The number of para-hydroxylation sites is 2. The van der Waals surface area contributed by atoms with Gasteiger partial charge in [0.25, 0.3) is 0 Å². The molecule has 1 atom stereocenters. The van der Waals surface area contributed by atoms with Crippen molar-refractivity contribution >= 4 is 22.7 Å². The summed E-state index contributed by atoms with van der Waals surface area (Å²) in [7, 11) is 4.64. The minimum atomic E-state index is -0.0664. The Kier molecular flexibility index (Phi) is 6.80. The first kappa shape index (κ1) is 22.0. The minimum Gasteiger partial charge on any atom is -0.493 e. The van der Waals surface area contributed by atoms with Gasteiger partial charge in [0.2, 0.25) is 11.7 Å². The standard InChI is InChI=1S/C24H29N3O5/c1-29-20-13-17(14-21(30-2)23(20)31-3)25-22(28)10-12-27-11-6-7-16(15-27)24-26-18-8-4-5-9-19(18)32-24/h4-5,8-9,13-14,16H,6-7,10-12,15H2,1-3H3,(H,25,28). The number of nitrogens with one attached hydrogen (secondary N) is 1. The second-order valence-electron chi connectivity index (χ2n) is 7.87. The highest BCUT2D eigenvalue weighted by Crippen LogP contribution is 2.40. The molecule has 2 aromatic carbocycles. The Balaban J connectivity index is 1.34. The third kappa shape index (κ3) is 4.80. The normalized spacial score (nSPS) is 16.7. The summed E-state index contributed by atoms with van der Waals surface area (Å²) in [5, 5.41) is 2.93. The Morgan fingerprint density at radius 3 is 2.59 bits per heavy atom. The van der Waals surface area contributed by atoms with Gasteiger partial charge in [-0.2, -0.15) is 0 Å². The summed E-state index contributed by atoms with van der Waals surface area (Å²) in [6.45, 7) is 2.48. The predicted octanol–water partition coefficient (Wildman–Crippen LogP) is 4.06. The molecule has 32 heavy (non-hydrogen) atoms. The predicted molar refractivity (Wildman–Crippen MR) is 122 cm³/mol. The van der Waals surface area contributed by atoms with E-state index in [0.717, 1.165) is 42.9 Å². The summed E-state index contributed by atoms with van der Waals surface area (Å²) < 4.78 is 22.0. The van der Waals surface area contributed by atoms with E-state index in [0.29, 0.717) is 35.9 Å². The molecule has 3 aromatic rings. The van der Waals surface area contributed by atoms with Crippen LogP contribution in [0.1, 0.15) is 31.1 Å². The molecular formula is C24H29N3O5. The summed E-state index contributed by atoms with van der Waals surface area (Å²) >= 11 is 0. The molecular weight excluding hydrogens is 410 g/mol. The molecule has 1 N–H and O–H groups in total. The SMILES string of the molecule is COc1cc(NC(=O)CCN2CCCC(c3nc4ccccc4o3)C2)cc(OC)c1OC. The summed E-state index contributed by atoms with van der Waals surface area (Å²) in [4.78, 5) is 19.6. The Morgan fingerprint density at radius 2 is 1.91 bits per heavy atom. The molecule has 1 aliphatic heterocycles. The lowest BCUT2D eigenvalue weighted by molar-refractivity contribution is -0.116. The van der Waals surface area contributed by atoms with Crippen LogP contribution in [-0.4, -0.2) is 56.8 Å². The molecule has 8 heteroatoms. The van der Waals surface area contributed by atoms with E-state index in [1.165, 1.54) is 0 Å². The molecule has 1 aromatic heterocycles. The molecule has 2 heterocycles. The zero-order valence-electron chi connectivity index (χ0n) is 18.7. The number of hydrogen-bond acceptors (Lipinski definition) is 7. The van der Waals surface area contributed by atoms with Gasteiger partial charge in [0, 0.05) is 43.2 Å². The van der Waals surface area contributed by atoms with Crippen LogP contribution in [0.25, 0.3) is 11.1 Å². The lowest BCUT2D eigenvalue weighted by Gasteiger charge is -2.30. The molecule has 0 radical (unpaired) electrons. The number of nitrogens with zero attached hydrogens (tertiary/aromatic N) is 2. The number of aromatic nitrogens is 1. The second-order valence-corrected chi connectivity index (χ2v) is 7.87. The van der Waals surface area contributed by atoms with Gasteiger partial charge < -0.3 is 28.8 Å². The number of hydrogen-bond donors (Lipinski definition) is 1. The first-order valence-corrected chi connectivity index (χ1v) is 10.8. The lowest BCUT2D eigenvalue weighted by Crippen LogP contribution is -2.36. The van der Waals surface area contributed by atoms with Crippen molar-refractivity contribution < 1.29 is 23.4 Å². The van der Waals surface area contributed by atoms with E-state index in [9.17, 15) is 4.79 Å². The van der Waals surface area contributed by atoms with Crippen molar-refractivity contribution in [3.8, 4) is 17.2 Å². The zero-order chi connectivity index (χ0) is 22.5. The fraction of sp³-hybridized carbons (Fsp3) is 0.417. The molecule has 1 fully saturated rings. The quantitative estimate of drug-likeness (QED) is 0.566. The van der Waals surface area contributed by atoms with Gasteiger partial charge in [-0.1, -0.05) is 12.1 Å². The van der Waals surface area contributed by atoms with E-state index >= 15 is 0 Å². The van der Waals surface area contributed by atoms with Crippen molar-refractivity contribution in [2.24, 2.45) is 0 Å². The van der Waals surface area contributed by atoms with E-state index in [1.54, 1.807) is 33.5 Å². The molecule has 1 amide bonds. The van der Waals surface area contributed by atoms with E-state index in [2.05, 4.69) is 15.2 Å². The number of carbonyl (C=O) groups is 1. The van der Waals surface area contributed by atoms with Crippen LogP contribution in [0.3, 0.4) is 0 Å². The molecule has 1 saturated heterocycles. The van der Waals surface area contributed by atoms with Gasteiger partial charge in [0.1, 0.15) is 5.52 Å². The number of benzene rings is 2. The van der Waals surface area contributed by atoms with Crippen LogP contribution in [0.15, 0.2) is 40.8 Å². The Morgan fingerprint density at radius 1 is 1.16 bits per heavy atom. The average molecular weight is 440 g/mol. The number of ether oxygens (including phenoxy) is 3. The van der Waals surface area contributed by atoms with Crippen molar-refractivity contribution in [2.75, 3.05) is 46.3 Å². The third-order valence-corrected chi connectivity index (χ3v) is 5.77. The largest absolute Gasteiger partial charge is 0.493 e. The molecule has 4 rings (SSSR count). The maximum Gasteiger partial charge on any atom is 0.225 e.